The highest BCUT2D eigenvalue weighted by Crippen LogP contribution is 2.22. The highest BCUT2D eigenvalue weighted by molar-refractivity contribution is 5.37. The second-order valence-electron chi connectivity index (χ2n) is 6.30. The van der Waals surface area contributed by atoms with Gasteiger partial charge in [-0.1, -0.05) is 0 Å². The molecule has 6 nitrogen and oxygen atoms in total. The van der Waals surface area contributed by atoms with E-state index in [1.54, 1.807) is 10.9 Å². The van der Waals surface area contributed by atoms with E-state index in [4.69, 9.17) is 0 Å². The van der Waals surface area contributed by atoms with Gasteiger partial charge >= 0.3 is 0 Å². The van der Waals surface area contributed by atoms with E-state index >= 15 is 0 Å². The summed E-state index contributed by atoms with van der Waals surface area (Å²) >= 11 is 0. The van der Waals surface area contributed by atoms with Crippen molar-refractivity contribution in [3.05, 3.63) is 46.0 Å². The molecule has 1 saturated heterocycles. The van der Waals surface area contributed by atoms with Crippen LogP contribution in [0.2, 0.25) is 0 Å². The molecule has 3 heterocycles. The SMILES string of the molecule is Cc1nccc(N2CCC(Cn3cnc(C)c(C)c3=O)CC2)n1. The average Bonchev–Trinajstić information content (AvgIpc) is 2.56. The summed E-state index contributed by atoms with van der Waals surface area (Å²) in [4.78, 5) is 27.5. The van der Waals surface area contributed by atoms with Crippen molar-refractivity contribution in [2.45, 2.75) is 40.2 Å². The molecule has 0 saturated carbocycles. The monoisotopic (exact) mass is 313 g/mol. The van der Waals surface area contributed by atoms with Crippen LogP contribution < -0.4 is 10.5 Å². The van der Waals surface area contributed by atoms with E-state index in [2.05, 4.69) is 19.9 Å². The van der Waals surface area contributed by atoms with E-state index in [0.29, 0.717) is 5.92 Å². The topological polar surface area (TPSA) is 63.9 Å². The summed E-state index contributed by atoms with van der Waals surface area (Å²) in [6.07, 6.45) is 5.61. The van der Waals surface area contributed by atoms with Gasteiger partial charge in [0.25, 0.3) is 5.56 Å². The zero-order valence-corrected chi connectivity index (χ0v) is 14.0. The van der Waals surface area contributed by atoms with Crippen molar-refractivity contribution >= 4 is 5.82 Å². The van der Waals surface area contributed by atoms with Gasteiger partial charge in [0.15, 0.2) is 0 Å². The number of anilines is 1. The van der Waals surface area contributed by atoms with Gasteiger partial charge in [-0.25, -0.2) is 15.0 Å². The predicted molar refractivity (Wildman–Crippen MR) is 89.7 cm³/mol. The van der Waals surface area contributed by atoms with E-state index in [-0.39, 0.29) is 5.56 Å². The minimum absolute atomic E-state index is 0.0892. The van der Waals surface area contributed by atoms with Crippen LogP contribution in [0.1, 0.15) is 29.9 Å². The Morgan fingerprint density at radius 3 is 2.61 bits per heavy atom. The molecule has 2 aromatic rings. The fourth-order valence-corrected chi connectivity index (χ4v) is 3.05. The third kappa shape index (κ3) is 3.41. The molecule has 122 valence electrons. The molecule has 3 rings (SSSR count). The lowest BCUT2D eigenvalue weighted by Crippen LogP contribution is -2.37. The number of hydrogen-bond acceptors (Lipinski definition) is 5. The molecule has 0 aromatic carbocycles. The quantitative estimate of drug-likeness (QED) is 0.865. The summed E-state index contributed by atoms with van der Waals surface area (Å²) < 4.78 is 1.76. The van der Waals surface area contributed by atoms with Gasteiger partial charge in [-0.05, 0) is 45.6 Å². The van der Waals surface area contributed by atoms with Crippen LogP contribution in [0.4, 0.5) is 5.82 Å². The number of aromatic nitrogens is 4. The van der Waals surface area contributed by atoms with Gasteiger partial charge in [-0.3, -0.25) is 9.36 Å². The molecule has 1 fully saturated rings. The highest BCUT2D eigenvalue weighted by atomic mass is 16.1. The Labute approximate surface area is 136 Å². The lowest BCUT2D eigenvalue weighted by molar-refractivity contribution is 0.349. The standard InChI is InChI=1S/C17H23N5O/c1-12-13(2)19-11-22(17(12)23)10-15-5-8-21(9-6-15)16-4-7-18-14(3)20-16/h4,7,11,15H,5-6,8-10H2,1-3H3. The van der Waals surface area contributed by atoms with Crippen LogP contribution in [0.25, 0.3) is 0 Å². The Morgan fingerprint density at radius 2 is 1.91 bits per heavy atom. The minimum atomic E-state index is 0.0892. The van der Waals surface area contributed by atoms with Crippen molar-refractivity contribution in [3.63, 3.8) is 0 Å². The van der Waals surface area contributed by atoms with Gasteiger partial charge in [-0.15, -0.1) is 0 Å². The van der Waals surface area contributed by atoms with Crippen LogP contribution in [0.3, 0.4) is 0 Å². The molecule has 0 amide bonds. The third-order valence-corrected chi connectivity index (χ3v) is 4.67. The van der Waals surface area contributed by atoms with Crippen LogP contribution in [0.15, 0.2) is 23.4 Å². The van der Waals surface area contributed by atoms with Crippen molar-refractivity contribution < 1.29 is 0 Å². The van der Waals surface area contributed by atoms with Crippen molar-refractivity contribution in [2.24, 2.45) is 5.92 Å². The zero-order valence-electron chi connectivity index (χ0n) is 14.0. The Hall–Kier alpha value is -2.24. The first kappa shape index (κ1) is 15.6. The van der Waals surface area contributed by atoms with Gasteiger partial charge in [0, 0.05) is 37.1 Å². The first-order chi connectivity index (χ1) is 11.0. The number of piperidine rings is 1. The minimum Gasteiger partial charge on any atom is -0.356 e. The molecule has 0 unspecified atom stereocenters. The fourth-order valence-electron chi connectivity index (χ4n) is 3.05. The second kappa shape index (κ2) is 6.48. The Balaban J connectivity index is 1.64. The van der Waals surface area contributed by atoms with Gasteiger partial charge in [-0.2, -0.15) is 0 Å². The average molecular weight is 313 g/mol. The van der Waals surface area contributed by atoms with Gasteiger partial charge in [0.1, 0.15) is 11.6 Å². The van der Waals surface area contributed by atoms with E-state index in [9.17, 15) is 4.79 Å². The van der Waals surface area contributed by atoms with E-state index in [1.165, 1.54) is 0 Å². The maximum absolute atomic E-state index is 12.3. The zero-order chi connectivity index (χ0) is 16.4. The van der Waals surface area contributed by atoms with Crippen LogP contribution in [-0.2, 0) is 6.54 Å². The van der Waals surface area contributed by atoms with E-state index in [1.807, 2.05) is 33.0 Å². The smallest absolute Gasteiger partial charge is 0.256 e. The summed E-state index contributed by atoms with van der Waals surface area (Å²) in [7, 11) is 0. The molecule has 0 radical (unpaired) electrons. The summed E-state index contributed by atoms with van der Waals surface area (Å²) in [5.74, 6) is 2.31. The first-order valence-electron chi connectivity index (χ1n) is 8.12. The molecule has 0 atom stereocenters. The number of aryl methyl sites for hydroxylation is 2. The van der Waals surface area contributed by atoms with E-state index < -0.39 is 0 Å². The van der Waals surface area contributed by atoms with Crippen molar-refractivity contribution in [1.29, 1.82) is 0 Å². The molecular formula is C17H23N5O. The first-order valence-corrected chi connectivity index (χ1v) is 8.12. The Kier molecular flexibility index (Phi) is 4.41. The van der Waals surface area contributed by atoms with Gasteiger partial charge < -0.3 is 4.90 Å². The molecule has 0 N–H and O–H groups in total. The van der Waals surface area contributed by atoms with Crippen LogP contribution in [0, 0.1) is 26.7 Å². The maximum Gasteiger partial charge on any atom is 0.256 e. The second-order valence-corrected chi connectivity index (χ2v) is 6.30. The molecule has 23 heavy (non-hydrogen) atoms. The molecule has 1 aliphatic rings. The third-order valence-electron chi connectivity index (χ3n) is 4.67. The fraction of sp³-hybridized carbons (Fsp3) is 0.529. The van der Waals surface area contributed by atoms with Gasteiger partial charge in [0.05, 0.1) is 6.33 Å². The summed E-state index contributed by atoms with van der Waals surface area (Å²) in [6, 6.07) is 1.96. The number of nitrogens with zero attached hydrogens (tertiary/aromatic N) is 5. The Morgan fingerprint density at radius 1 is 1.17 bits per heavy atom. The molecule has 1 aliphatic heterocycles. The maximum atomic E-state index is 12.3. The van der Waals surface area contributed by atoms with Crippen molar-refractivity contribution in [1.82, 2.24) is 19.5 Å². The largest absolute Gasteiger partial charge is 0.356 e. The number of rotatable bonds is 3. The molecule has 6 heteroatoms. The molecule has 0 spiro atoms. The van der Waals surface area contributed by atoms with Crippen LogP contribution in [0.5, 0.6) is 0 Å². The van der Waals surface area contributed by atoms with Gasteiger partial charge in [0.2, 0.25) is 0 Å². The molecule has 0 bridgehead atoms. The summed E-state index contributed by atoms with van der Waals surface area (Å²) in [5, 5.41) is 0. The molecular weight excluding hydrogens is 290 g/mol. The normalized spacial score (nSPS) is 15.9. The molecule has 0 aliphatic carbocycles. The summed E-state index contributed by atoms with van der Waals surface area (Å²) in [6.45, 7) is 8.33. The van der Waals surface area contributed by atoms with Crippen LogP contribution in [-0.4, -0.2) is 32.6 Å². The summed E-state index contributed by atoms with van der Waals surface area (Å²) in [5.41, 5.74) is 1.66. The van der Waals surface area contributed by atoms with Crippen molar-refractivity contribution in [2.75, 3.05) is 18.0 Å². The Bertz CT molecular complexity index is 747. The lowest BCUT2D eigenvalue weighted by Gasteiger charge is -2.33. The number of hydrogen-bond donors (Lipinski definition) is 0. The lowest BCUT2D eigenvalue weighted by atomic mass is 9.96. The van der Waals surface area contributed by atoms with E-state index in [0.717, 1.165) is 55.4 Å². The van der Waals surface area contributed by atoms with Crippen molar-refractivity contribution in [3.8, 4) is 0 Å². The molecule has 2 aromatic heterocycles. The highest BCUT2D eigenvalue weighted by Gasteiger charge is 2.21. The predicted octanol–water partition coefficient (Wildman–Crippen LogP) is 1.88. The van der Waals surface area contributed by atoms with Crippen LogP contribution >= 0.6 is 0 Å².